The van der Waals surface area contributed by atoms with Crippen LogP contribution in [0.2, 0.25) is 0 Å². The molecule has 21 heavy (non-hydrogen) atoms. The summed E-state index contributed by atoms with van der Waals surface area (Å²) in [5, 5.41) is 11.4. The number of amides is 1. The summed E-state index contributed by atoms with van der Waals surface area (Å²) in [4.78, 5) is 13.7. The SMILES string of the molecule is CC(C)C(=O)N1CC(CCCO)CC(NCC(F)(F)F)C1. The molecule has 0 radical (unpaired) electrons. The van der Waals surface area contributed by atoms with E-state index >= 15 is 0 Å². The Balaban J connectivity index is 2.63. The van der Waals surface area contributed by atoms with Crippen molar-refractivity contribution in [3.05, 3.63) is 0 Å². The summed E-state index contributed by atoms with van der Waals surface area (Å²) < 4.78 is 37.0. The van der Waals surface area contributed by atoms with Gasteiger partial charge in [0, 0.05) is 31.7 Å². The third-order valence-electron chi connectivity index (χ3n) is 3.70. The van der Waals surface area contributed by atoms with E-state index in [-0.39, 0.29) is 30.4 Å². The number of nitrogens with one attached hydrogen (secondary N) is 1. The van der Waals surface area contributed by atoms with Gasteiger partial charge in [0.05, 0.1) is 6.54 Å². The zero-order chi connectivity index (χ0) is 16.0. The Morgan fingerprint density at radius 2 is 2.05 bits per heavy atom. The monoisotopic (exact) mass is 310 g/mol. The normalized spacial score (nSPS) is 23.7. The molecule has 1 saturated heterocycles. The highest BCUT2D eigenvalue weighted by atomic mass is 19.4. The van der Waals surface area contributed by atoms with Crippen LogP contribution in [-0.2, 0) is 4.79 Å². The van der Waals surface area contributed by atoms with E-state index in [2.05, 4.69) is 5.32 Å². The zero-order valence-corrected chi connectivity index (χ0v) is 12.6. The second-order valence-corrected chi connectivity index (χ2v) is 6.06. The number of aliphatic hydroxyl groups is 1. The van der Waals surface area contributed by atoms with Crippen LogP contribution in [0.15, 0.2) is 0 Å². The Bertz CT molecular complexity index is 335. The molecule has 0 aromatic rings. The molecule has 0 spiro atoms. The summed E-state index contributed by atoms with van der Waals surface area (Å²) in [7, 11) is 0. The quantitative estimate of drug-likeness (QED) is 0.786. The minimum absolute atomic E-state index is 0.0255. The van der Waals surface area contributed by atoms with Gasteiger partial charge in [-0.2, -0.15) is 13.2 Å². The molecular formula is C14H25F3N2O2. The molecule has 1 rings (SSSR count). The smallest absolute Gasteiger partial charge is 0.396 e. The van der Waals surface area contributed by atoms with E-state index < -0.39 is 12.7 Å². The van der Waals surface area contributed by atoms with Crippen LogP contribution in [0.3, 0.4) is 0 Å². The highest BCUT2D eigenvalue weighted by Crippen LogP contribution is 2.23. The Kier molecular flexibility index (Phi) is 6.93. The first-order valence-electron chi connectivity index (χ1n) is 7.42. The maximum Gasteiger partial charge on any atom is 0.401 e. The van der Waals surface area contributed by atoms with E-state index in [1.54, 1.807) is 18.7 Å². The van der Waals surface area contributed by atoms with Crippen LogP contribution in [0.25, 0.3) is 0 Å². The summed E-state index contributed by atoms with van der Waals surface area (Å²) in [6.07, 6.45) is -2.30. The van der Waals surface area contributed by atoms with E-state index in [9.17, 15) is 18.0 Å². The summed E-state index contributed by atoms with van der Waals surface area (Å²) in [5.41, 5.74) is 0. The molecule has 0 aromatic carbocycles. The summed E-state index contributed by atoms with van der Waals surface area (Å²) in [5.74, 6) is -0.0494. The molecule has 7 heteroatoms. The van der Waals surface area contributed by atoms with Crippen LogP contribution >= 0.6 is 0 Å². The second-order valence-electron chi connectivity index (χ2n) is 6.06. The maximum absolute atomic E-state index is 12.3. The lowest BCUT2D eigenvalue weighted by atomic mass is 9.89. The molecule has 4 nitrogen and oxygen atoms in total. The number of alkyl halides is 3. The predicted molar refractivity (Wildman–Crippen MR) is 73.7 cm³/mol. The lowest BCUT2D eigenvalue weighted by Crippen LogP contribution is -2.53. The van der Waals surface area contributed by atoms with Crippen molar-refractivity contribution >= 4 is 5.91 Å². The third kappa shape index (κ3) is 6.65. The van der Waals surface area contributed by atoms with E-state index in [0.717, 1.165) is 6.42 Å². The van der Waals surface area contributed by atoms with Crippen LogP contribution in [0, 0.1) is 11.8 Å². The lowest BCUT2D eigenvalue weighted by Gasteiger charge is -2.39. The van der Waals surface area contributed by atoms with Crippen LogP contribution in [0.1, 0.15) is 33.1 Å². The first kappa shape index (κ1) is 18.2. The topological polar surface area (TPSA) is 52.6 Å². The van der Waals surface area contributed by atoms with E-state index in [1.165, 1.54) is 0 Å². The highest BCUT2D eigenvalue weighted by Gasteiger charge is 2.33. The molecule has 2 N–H and O–H groups in total. The number of piperidine rings is 1. The van der Waals surface area contributed by atoms with Crippen molar-refractivity contribution in [3.8, 4) is 0 Å². The molecular weight excluding hydrogens is 285 g/mol. The third-order valence-corrected chi connectivity index (χ3v) is 3.70. The predicted octanol–water partition coefficient (Wildman–Crippen LogP) is 1.78. The number of hydrogen-bond acceptors (Lipinski definition) is 3. The van der Waals surface area contributed by atoms with Crippen LogP contribution < -0.4 is 5.32 Å². The van der Waals surface area contributed by atoms with Gasteiger partial charge in [-0.25, -0.2) is 0 Å². The molecule has 0 aromatic heterocycles. The van der Waals surface area contributed by atoms with Gasteiger partial charge in [-0.3, -0.25) is 4.79 Å². The number of aliphatic hydroxyl groups excluding tert-OH is 1. The van der Waals surface area contributed by atoms with E-state index in [1.807, 2.05) is 0 Å². The Hall–Kier alpha value is -0.820. The van der Waals surface area contributed by atoms with Crippen molar-refractivity contribution in [2.24, 2.45) is 11.8 Å². The molecule has 1 heterocycles. The van der Waals surface area contributed by atoms with Gasteiger partial charge >= 0.3 is 6.18 Å². The average molecular weight is 310 g/mol. The Morgan fingerprint density at radius 1 is 1.38 bits per heavy atom. The van der Waals surface area contributed by atoms with Gasteiger partial charge in [-0.05, 0) is 25.2 Å². The molecule has 1 aliphatic rings. The van der Waals surface area contributed by atoms with Gasteiger partial charge in [-0.15, -0.1) is 0 Å². The van der Waals surface area contributed by atoms with Crippen LogP contribution in [0.4, 0.5) is 13.2 Å². The molecule has 0 saturated carbocycles. The first-order chi connectivity index (χ1) is 9.73. The minimum Gasteiger partial charge on any atom is -0.396 e. The van der Waals surface area contributed by atoms with Crippen molar-refractivity contribution in [2.75, 3.05) is 26.2 Å². The van der Waals surface area contributed by atoms with Crippen molar-refractivity contribution in [1.29, 1.82) is 0 Å². The Labute approximate surface area is 123 Å². The summed E-state index contributed by atoms with van der Waals surface area (Å²) in [6, 6.07) is -0.341. The highest BCUT2D eigenvalue weighted by molar-refractivity contribution is 5.78. The van der Waals surface area contributed by atoms with Crippen molar-refractivity contribution < 1.29 is 23.1 Å². The number of hydrogen-bond donors (Lipinski definition) is 2. The van der Waals surface area contributed by atoms with Crippen molar-refractivity contribution in [2.45, 2.75) is 45.3 Å². The minimum atomic E-state index is -4.25. The summed E-state index contributed by atoms with van der Waals surface area (Å²) in [6.45, 7) is 3.50. The number of rotatable bonds is 6. The maximum atomic E-state index is 12.3. The molecule has 2 atom stereocenters. The van der Waals surface area contributed by atoms with Gasteiger partial charge in [0.2, 0.25) is 5.91 Å². The number of halogens is 3. The molecule has 1 aliphatic heterocycles. The fourth-order valence-corrected chi connectivity index (χ4v) is 2.75. The van der Waals surface area contributed by atoms with Crippen LogP contribution in [-0.4, -0.2) is 54.4 Å². The number of carbonyl (C=O) groups excluding carboxylic acids is 1. The number of nitrogens with zero attached hydrogens (tertiary/aromatic N) is 1. The van der Waals surface area contributed by atoms with E-state index in [4.69, 9.17) is 5.11 Å². The van der Waals surface area contributed by atoms with Crippen LogP contribution in [0.5, 0.6) is 0 Å². The Morgan fingerprint density at radius 3 is 2.57 bits per heavy atom. The fraction of sp³-hybridized carbons (Fsp3) is 0.929. The van der Waals surface area contributed by atoms with E-state index in [0.29, 0.717) is 25.9 Å². The second kappa shape index (κ2) is 7.98. The molecule has 0 bridgehead atoms. The van der Waals surface area contributed by atoms with Gasteiger partial charge in [0.25, 0.3) is 0 Å². The molecule has 0 aliphatic carbocycles. The molecule has 1 fully saturated rings. The van der Waals surface area contributed by atoms with Crippen molar-refractivity contribution in [1.82, 2.24) is 10.2 Å². The largest absolute Gasteiger partial charge is 0.401 e. The molecule has 124 valence electrons. The molecule has 1 amide bonds. The lowest BCUT2D eigenvalue weighted by molar-refractivity contribution is -0.138. The standard InChI is InChI=1S/C14H25F3N2O2/c1-10(2)13(21)19-7-11(4-3-5-20)6-12(8-19)18-9-14(15,16)17/h10-12,18,20H,3-9H2,1-2H3. The average Bonchev–Trinajstić information content (AvgIpc) is 2.41. The zero-order valence-electron chi connectivity index (χ0n) is 12.6. The fourth-order valence-electron chi connectivity index (χ4n) is 2.75. The van der Waals surface area contributed by atoms with Crippen molar-refractivity contribution in [3.63, 3.8) is 0 Å². The molecule has 2 unspecified atom stereocenters. The van der Waals surface area contributed by atoms with Gasteiger partial charge < -0.3 is 15.3 Å². The van der Waals surface area contributed by atoms with Gasteiger partial charge in [-0.1, -0.05) is 13.8 Å². The number of carbonyl (C=O) groups is 1. The first-order valence-corrected chi connectivity index (χ1v) is 7.42. The van der Waals surface area contributed by atoms with Gasteiger partial charge in [0.15, 0.2) is 0 Å². The summed E-state index contributed by atoms with van der Waals surface area (Å²) >= 11 is 0. The van der Waals surface area contributed by atoms with Gasteiger partial charge in [0.1, 0.15) is 0 Å². The number of likely N-dealkylation sites (tertiary alicyclic amines) is 1.